The number of fused-ring (bicyclic) bond motifs is 1. The maximum Gasteiger partial charge on any atom is 0.103 e. The van der Waals surface area contributed by atoms with Crippen molar-refractivity contribution in [1.29, 1.82) is 5.26 Å². The van der Waals surface area contributed by atoms with Crippen molar-refractivity contribution >= 4 is 10.9 Å². The van der Waals surface area contributed by atoms with Gasteiger partial charge in [0.1, 0.15) is 5.54 Å². The Morgan fingerprint density at radius 2 is 2.00 bits per heavy atom. The summed E-state index contributed by atoms with van der Waals surface area (Å²) < 4.78 is 0. The number of hydrogen-bond acceptors (Lipinski definition) is 2. The van der Waals surface area contributed by atoms with Gasteiger partial charge in [0.15, 0.2) is 0 Å². The van der Waals surface area contributed by atoms with E-state index in [2.05, 4.69) is 41.1 Å². The highest BCUT2D eigenvalue weighted by molar-refractivity contribution is 5.84. The van der Waals surface area contributed by atoms with Crippen LogP contribution in [0.2, 0.25) is 0 Å². The lowest BCUT2D eigenvalue weighted by atomic mass is 10.0. The van der Waals surface area contributed by atoms with Crippen molar-refractivity contribution in [3.05, 3.63) is 35.5 Å². The number of nitriles is 1. The van der Waals surface area contributed by atoms with Crippen LogP contribution >= 0.6 is 0 Å². The third-order valence-corrected chi connectivity index (χ3v) is 3.95. The number of aryl methyl sites for hydroxylation is 1. The number of likely N-dealkylation sites (N-methyl/N-ethyl adjacent to an activating group) is 1. The van der Waals surface area contributed by atoms with Crippen molar-refractivity contribution in [2.24, 2.45) is 0 Å². The van der Waals surface area contributed by atoms with Crippen LogP contribution < -0.4 is 0 Å². The number of H-pyrrole nitrogens is 1. The van der Waals surface area contributed by atoms with Crippen molar-refractivity contribution < 1.29 is 0 Å². The van der Waals surface area contributed by atoms with E-state index in [-0.39, 0.29) is 0 Å². The summed E-state index contributed by atoms with van der Waals surface area (Å²) in [5.74, 6) is 0. The average molecular weight is 255 g/mol. The van der Waals surface area contributed by atoms with Gasteiger partial charge in [-0.3, -0.25) is 4.90 Å². The first kappa shape index (κ1) is 13.6. The Kier molecular flexibility index (Phi) is 3.64. The molecule has 1 heterocycles. The molecule has 0 spiro atoms. The summed E-state index contributed by atoms with van der Waals surface area (Å²) in [6.07, 6.45) is 0.956. The number of hydrogen-bond donors (Lipinski definition) is 1. The number of para-hydroxylation sites is 1. The molecule has 0 saturated heterocycles. The summed E-state index contributed by atoms with van der Waals surface area (Å²) >= 11 is 0. The predicted octanol–water partition coefficient (Wildman–Crippen LogP) is 3.25. The van der Waals surface area contributed by atoms with Gasteiger partial charge in [-0.2, -0.15) is 5.26 Å². The van der Waals surface area contributed by atoms with Gasteiger partial charge in [0.2, 0.25) is 0 Å². The van der Waals surface area contributed by atoms with Gasteiger partial charge in [-0.25, -0.2) is 0 Å². The third-order valence-electron chi connectivity index (χ3n) is 3.95. The molecule has 0 atom stereocenters. The zero-order valence-corrected chi connectivity index (χ0v) is 12.1. The first-order valence-electron chi connectivity index (χ1n) is 6.64. The minimum absolute atomic E-state index is 0.417. The summed E-state index contributed by atoms with van der Waals surface area (Å²) in [4.78, 5) is 5.53. The minimum atomic E-state index is -0.417. The van der Waals surface area contributed by atoms with Gasteiger partial charge in [-0.15, -0.1) is 0 Å². The normalized spacial score (nSPS) is 12.0. The van der Waals surface area contributed by atoms with E-state index in [1.165, 1.54) is 22.2 Å². The van der Waals surface area contributed by atoms with E-state index < -0.39 is 5.54 Å². The summed E-state index contributed by atoms with van der Waals surface area (Å²) in [7, 11) is 2.01. The Labute approximate surface area is 114 Å². The van der Waals surface area contributed by atoms with Crippen molar-refractivity contribution in [3.63, 3.8) is 0 Å². The zero-order chi connectivity index (χ0) is 14.0. The Morgan fingerprint density at radius 3 is 2.68 bits per heavy atom. The molecular weight excluding hydrogens is 234 g/mol. The summed E-state index contributed by atoms with van der Waals surface area (Å²) in [6, 6.07) is 10.7. The lowest BCUT2D eigenvalue weighted by Crippen LogP contribution is -2.40. The highest BCUT2D eigenvalue weighted by atomic mass is 15.2. The Hall–Kier alpha value is -1.79. The molecule has 0 amide bonds. The van der Waals surface area contributed by atoms with E-state index in [1.807, 2.05) is 27.0 Å². The highest BCUT2D eigenvalue weighted by Gasteiger charge is 2.22. The molecule has 0 aliphatic rings. The molecule has 0 unspecified atom stereocenters. The molecule has 2 aromatic rings. The second kappa shape index (κ2) is 5.07. The molecule has 0 radical (unpaired) electrons. The first-order valence-corrected chi connectivity index (χ1v) is 6.64. The molecule has 1 aromatic carbocycles. The van der Waals surface area contributed by atoms with Crippen molar-refractivity contribution in [2.45, 2.75) is 32.7 Å². The molecule has 1 aromatic heterocycles. The monoisotopic (exact) mass is 255 g/mol. The fourth-order valence-corrected chi connectivity index (χ4v) is 2.30. The van der Waals surface area contributed by atoms with E-state index >= 15 is 0 Å². The Balaban J connectivity index is 2.19. The largest absolute Gasteiger partial charge is 0.358 e. The molecule has 1 N–H and O–H groups in total. The van der Waals surface area contributed by atoms with E-state index in [0.717, 1.165) is 13.0 Å². The van der Waals surface area contributed by atoms with E-state index in [9.17, 15) is 0 Å². The lowest BCUT2D eigenvalue weighted by Gasteiger charge is -2.28. The molecule has 2 rings (SSSR count). The summed E-state index contributed by atoms with van der Waals surface area (Å²) in [5.41, 5.74) is 3.36. The number of nitrogens with one attached hydrogen (secondary N) is 1. The number of rotatable bonds is 4. The van der Waals surface area contributed by atoms with E-state index in [0.29, 0.717) is 0 Å². The molecule has 0 saturated carbocycles. The SMILES string of the molecule is Cc1[nH]c2ccccc2c1CCN(C)C(C)(C)C#N. The quantitative estimate of drug-likeness (QED) is 0.911. The van der Waals surface area contributed by atoms with Crippen LogP contribution in [0.4, 0.5) is 0 Å². The number of nitrogens with zero attached hydrogens (tertiary/aromatic N) is 2. The van der Waals surface area contributed by atoms with Gasteiger partial charge in [-0.05, 0) is 45.9 Å². The predicted molar refractivity (Wildman–Crippen MR) is 79.1 cm³/mol. The van der Waals surface area contributed by atoms with E-state index in [4.69, 9.17) is 5.26 Å². The summed E-state index contributed by atoms with van der Waals surface area (Å²) in [5, 5.41) is 10.4. The van der Waals surface area contributed by atoms with Crippen LogP contribution in [-0.4, -0.2) is 29.0 Å². The second-order valence-corrected chi connectivity index (χ2v) is 5.62. The number of aromatic nitrogens is 1. The molecular formula is C16H21N3. The first-order chi connectivity index (χ1) is 8.95. The molecule has 19 heavy (non-hydrogen) atoms. The van der Waals surface area contributed by atoms with Crippen LogP contribution in [0.15, 0.2) is 24.3 Å². The molecule has 100 valence electrons. The molecule has 3 nitrogen and oxygen atoms in total. The van der Waals surface area contributed by atoms with Crippen molar-refractivity contribution in [1.82, 2.24) is 9.88 Å². The van der Waals surface area contributed by atoms with Gasteiger partial charge in [0.05, 0.1) is 6.07 Å². The zero-order valence-electron chi connectivity index (χ0n) is 12.1. The minimum Gasteiger partial charge on any atom is -0.358 e. The number of benzene rings is 1. The average Bonchev–Trinajstić information content (AvgIpc) is 2.71. The number of aromatic amines is 1. The fraction of sp³-hybridized carbons (Fsp3) is 0.438. The van der Waals surface area contributed by atoms with Crippen molar-refractivity contribution in [2.75, 3.05) is 13.6 Å². The maximum absolute atomic E-state index is 9.15. The van der Waals surface area contributed by atoms with Crippen LogP contribution in [0, 0.1) is 18.3 Å². The topological polar surface area (TPSA) is 42.8 Å². The van der Waals surface area contributed by atoms with Gasteiger partial charge < -0.3 is 4.98 Å². The molecule has 0 aliphatic carbocycles. The third kappa shape index (κ3) is 2.64. The fourth-order valence-electron chi connectivity index (χ4n) is 2.30. The molecule has 0 bridgehead atoms. The second-order valence-electron chi connectivity index (χ2n) is 5.62. The Bertz CT molecular complexity index is 616. The standard InChI is InChI=1S/C16H21N3/c1-12-13(9-10-19(4)16(2,3)11-17)14-7-5-6-8-15(14)18-12/h5-8,18H,9-10H2,1-4H3. The van der Waals surface area contributed by atoms with Crippen LogP contribution in [0.3, 0.4) is 0 Å². The van der Waals surface area contributed by atoms with Crippen LogP contribution in [-0.2, 0) is 6.42 Å². The Morgan fingerprint density at radius 1 is 1.32 bits per heavy atom. The van der Waals surface area contributed by atoms with Crippen molar-refractivity contribution in [3.8, 4) is 6.07 Å². The van der Waals surface area contributed by atoms with E-state index in [1.54, 1.807) is 0 Å². The molecule has 0 fully saturated rings. The van der Waals surface area contributed by atoms with Gasteiger partial charge in [-0.1, -0.05) is 18.2 Å². The van der Waals surface area contributed by atoms with Gasteiger partial charge in [0.25, 0.3) is 0 Å². The van der Waals surface area contributed by atoms with Crippen LogP contribution in [0.25, 0.3) is 10.9 Å². The highest BCUT2D eigenvalue weighted by Crippen LogP contribution is 2.23. The molecule has 3 heteroatoms. The smallest absolute Gasteiger partial charge is 0.103 e. The molecule has 0 aliphatic heterocycles. The lowest BCUT2D eigenvalue weighted by molar-refractivity contribution is 0.214. The van der Waals surface area contributed by atoms with Gasteiger partial charge >= 0.3 is 0 Å². The van der Waals surface area contributed by atoms with Crippen LogP contribution in [0.1, 0.15) is 25.1 Å². The maximum atomic E-state index is 9.15. The van der Waals surface area contributed by atoms with Crippen LogP contribution in [0.5, 0.6) is 0 Å². The van der Waals surface area contributed by atoms with Gasteiger partial charge in [0, 0.05) is 23.1 Å². The summed E-state index contributed by atoms with van der Waals surface area (Å²) in [6.45, 7) is 6.90.